The average molecular weight is 295 g/mol. The van der Waals surface area contributed by atoms with Gasteiger partial charge in [0.25, 0.3) is 0 Å². The van der Waals surface area contributed by atoms with Crippen LogP contribution in [-0.2, 0) is 19.6 Å². The maximum atomic E-state index is 12.3. The van der Waals surface area contributed by atoms with Crippen LogP contribution < -0.4 is 4.72 Å². The van der Waals surface area contributed by atoms with E-state index in [4.69, 9.17) is 4.74 Å². The van der Waals surface area contributed by atoms with Crippen molar-refractivity contribution in [2.24, 2.45) is 0 Å². The minimum atomic E-state index is -3.64. The SMILES string of the molecule is CC1=C[C@@H](NS(=O)(=O)c2ccc(C)cc2)[C@@H](C)OC1=O. The van der Waals surface area contributed by atoms with E-state index in [2.05, 4.69) is 4.72 Å². The van der Waals surface area contributed by atoms with Crippen LogP contribution in [0.1, 0.15) is 19.4 Å². The lowest BCUT2D eigenvalue weighted by atomic mass is 10.1. The first-order valence-corrected chi connectivity index (χ1v) is 7.76. The molecule has 0 saturated heterocycles. The molecule has 0 bridgehead atoms. The third kappa shape index (κ3) is 3.08. The Bertz CT molecular complexity index is 646. The summed E-state index contributed by atoms with van der Waals surface area (Å²) < 4.78 is 32.2. The van der Waals surface area contributed by atoms with E-state index in [1.54, 1.807) is 44.2 Å². The van der Waals surface area contributed by atoms with Crippen molar-refractivity contribution in [3.63, 3.8) is 0 Å². The lowest BCUT2D eigenvalue weighted by Gasteiger charge is -2.27. The van der Waals surface area contributed by atoms with Crippen LogP contribution in [0.25, 0.3) is 0 Å². The monoisotopic (exact) mass is 295 g/mol. The molecule has 108 valence electrons. The summed E-state index contributed by atoms with van der Waals surface area (Å²) in [6.07, 6.45) is 1.05. The Morgan fingerprint density at radius 2 is 1.75 bits per heavy atom. The molecule has 0 spiro atoms. The summed E-state index contributed by atoms with van der Waals surface area (Å²) in [4.78, 5) is 11.5. The number of rotatable bonds is 3. The largest absolute Gasteiger partial charge is 0.457 e. The number of nitrogens with one attached hydrogen (secondary N) is 1. The molecule has 2 atom stereocenters. The highest BCUT2D eigenvalue weighted by Gasteiger charge is 2.29. The van der Waals surface area contributed by atoms with Crippen molar-refractivity contribution >= 4 is 16.0 Å². The van der Waals surface area contributed by atoms with Crippen LogP contribution in [0.2, 0.25) is 0 Å². The van der Waals surface area contributed by atoms with E-state index >= 15 is 0 Å². The number of carbonyl (C=O) groups excluding carboxylic acids is 1. The molecule has 0 aliphatic carbocycles. The molecular weight excluding hydrogens is 278 g/mol. The zero-order chi connectivity index (χ0) is 14.9. The second-order valence-electron chi connectivity index (χ2n) is 4.92. The maximum absolute atomic E-state index is 12.3. The van der Waals surface area contributed by atoms with Crippen molar-refractivity contribution in [3.8, 4) is 0 Å². The second kappa shape index (κ2) is 5.38. The number of hydrogen-bond donors (Lipinski definition) is 1. The second-order valence-corrected chi connectivity index (χ2v) is 6.63. The molecule has 1 aliphatic rings. The third-order valence-corrected chi connectivity index (χ3v) is 4.65. The molecule has 0 saturated carbocycles. The first kappa shape index (κ1) is 14.7. The molecule has 1 heterocycles. The molecule has 0 fully saturated rings. The molecule has 1 aliphatic heterocycles. The summed E-state index contributed by atoms with van der Waals surface area (Å²) in [6.45, 7) is 5.14. The van der Waals surface area contributed by atoms with Crippen LogP contribution >= 0.6 is 0 Å². The van der Waals surface area contributed by atoms with Gasteiger partial charge < -0.3 is 4.74 Å². The van der Waals surface area contributed by atoms with Gasteiger partial charge in [-0.2, -0.15) is 0 Å². The van der Waals surface area contributed by atoms with E-state index in [0.29, 0.717) is 5.57 Å². The van der Waals surface area contributed by atoms with Crippen LogP contribution in [0, 0.1) is 6.92 Å². The van der Waals surface area contributed by atoms with Gasteiger partial charge >= 0.3 is 5.97 Å². The summed E-state index contributed by atoms with van der Waals surface area (Å²) in [6, 6.07) is 6.01. The Labute approximate surface area is 118 Å². The van der Waals surface area contributed by atoms with Crippen molar-refractivity contribution in [3.05, 3.63) is 41.5 Å². The number of esters is 1. The van der Waals surface area contributed by atoms with Gasteiger partial charge in [-0.3, -0.25) is 0 Å². The predicted molar refractivity (Wildman–Crippen MR) is 74.6 cm³/mol. The molecule has 0 aromatic heterocycles. The van der Waals surface area contributed by atoms with Crippen LogP contribution in [0.5, 0.6) is 0 Å². The Morgan fingerprint density at radius 3 is 2.35 bits per heavy atom. The molecule has 0 radical (unpaired) electrons. The van der Waals surface area contributed by atoms with Crippen LogP contribution in [0.15, 0.2) is 40.8 Å². The lowest BCUT2D eigenvalue weighted by Crippen LogP contribution is -2.45. The minimum Gasteiger partial charge on any atom is -0.457 e. The van der Waals surface area contributed by atoms with Crippen molar-refractivity contribution < 1.29 is 17.9 Å². The van der Waals surface area contributed by atoms with Gasteiger partial charge in [0.1, 0.15) is 6.10 Å². The van der Waals surface area contributed by atoms with E-state index < -0.39 is 28.1 Å². The zero-order valence-electron chi connectivity index (χ0n) is 11.6. The van der Waals surface area contributed by atoms with E-state index in [0.717, 1.165) is 5.56 Å². The van der Waals surface area contributed by atoms with E-state index in [9.17, 15) is 13.2 Å². The molecule has 5 nitrogen and oxygen atoms in total. The van der Waals surface area contributed by atoms with Crippen molar-refractivity contribution in [1.82, 2.24) is 4.72 Å². The fraction of sp³-hybridized carbons (Fsp3) is 0.357. The molecule has 20 heavy (non-hydrogen) atoms. The molecule has 1 aromatic rings. The van der Waals surface area contributed by atoms with Gasteiger partial charge in [-0.25, -0.2) is 17.9 Å². The van der Waals surface area contributed by atoms with E-state index in [1.165, 1.54) is 0 Å². The highest BCUT2D eigenvalue weighted by molar-refractivity contribution is 7.89. The maximum Gasteiger partial charge on any atom is 0.333 e. The van der Waals surface area contributed by atoms with Crippen LogP contribution in [0.4, 0.5) is 0 Å². The molecule has 1 N–H and O–H groups in total. The smallest absolute Gasteiger partial charge is 0.333 e. The number of sulfonamides is 1. The Balaban J connectivity index is 2.24. The quantitative estimate of drug-likeness (QED) is 0.858. The number of benzene rings is 1. The number of hydrogen-bond acceptors (Lipinski definition) is 4. The molecular formula is C14H17NO4S. The minimum absolute atomic E-state index is 0.193. The highest BCUT2D eigenvalue weighted by atomic mass is 32.2. The highest BCUT2D eigenvalue weighted by Crippen LogP contribution is 2.17. The number of ether oxygens (including phenoxy) is 1. The average Bonchev–Trinajstić information content (AvgIpc) is 2.36. The molecule has 1 aromatic carbocycles. The van der Waals surface area contributed by atoms with Gasteiger partial charge in [-0.15, -0.1) is 0 Å². The summed E-state index contributed by atoms with van der Waals surface area (Å²) in [5, 5.41) is 0. The number of aryl methyl sites for hydroxylation is 1. The zero-order valence-corrected chi connectivity index (χ0v) is 12.4. The summed E-state index contributed by atoms with van der Waals surface area (Å²) >= 11 is 0. The van der Waals surface area contributed by atoms with Crippen molar-refractivity contribution in [2.75, 3.05) is 0 Å². The summed E-state index contributed by atoms with van der Waals surface area (Å²) in [5.41, 5.74) is 1.39. The Morgan fingerprint density at radius 1 is 1.15 bits per heavy atom. The topological polar surface area (TPSA) is 72.5 Å². The van der Waals surface area contributed by atoms with Crippen molar-refractivity contribution in [2.45, 2.75) is 37.8 Å². The van der Waals surface area contributed by atoms with Crippen molar-refractivity contribution in [1.29, 1.82) is 0 Å². The van der Waals surface area contributed by atoms with Gasteiger partial charge in [0.05, 0.1) is 10.9 Å². The molecule has 6 heteroatoms. The van der Waals surface area contributed by atoms with Crippen LogP contribution in [0.3, 0.4) is 0 Å². The fourth-order valence-corrected chi connectivity index (χ4v) is 3.15. The van der Waals surface area contributed by atoms with Gasteiger partial charge in [0, 0.05) is 5.57 Å². The Hall–Kier alpha value is -1.66. The fourth-order valence-electron chi connectivity index (χ4n) is 1.90. The Kier molecular flexibility index (Phi) is 3.96. The van der Waals surface area contributed by atoms with E-state index in [1.807, 2.05) is 6.92 Å². The number of carbonyl (C=O) groups is 1. The first-order valence-electron chi connectivity index (χ1n) is 6.28. The molecule has 2 rings (SSSR count). The third-order valence-electron chi connectivity index (χ3n) is 3.17. The van der Waals surface area contributed by atoms with Gasteiger partial charge in [-0.05, 0) is 32.9 Å². The normalized spacial score (nSPS) is 23.1. The first-order chi connectivity index (χ1) is 9.29. The summed E-state index contributed by atoms with van der Waals surface area (Å²) in [5.74, 6) is -0.414. The standard InChI is InChI=1S/C14H17NO4S/c1-9-4-6-12(7-5-9)20(17,18)15-13-8-10(2)14(16)19-11(13)3/h4-8,11,13,15H,1-3H3/t11-,13-/m1/s1. The van der Waals surface area contributed by atoms with E-state index in [-0.39, 0.29) is 4.90 Å². The summed E-state index contributed by atoms with van der Waals surface area (Å²) in [7, 11) is -3.64. The predicted octanol–water partition coefficient (Wildman–Crippen LogP) is 1.53. The van der Waals surface area contributed by atoms with Gasteiger partial charge in [0.15, 0.2) is 0 Å². The van der Waals surface area contributed by atoms with Gasteiger partial charge in [-0.1, -0.05) is 23.8 Å². The lowest BCUT2D eigenvalue weighted by molar-refractivity contribution is -0.145. The molecule has 0 amide bonds. The van der Waals surface area contributed by atoms with Gasteiger partial charge in [0.2, 0.25) is 10.0 Å². The van der Waals surface area contributed by atoms with Crippen LogP contribution in [-0.4, -0.2) is 26.5 Å². The molecule has 0 unspecified atom stereocenters. The number of cyclic esters (lactones) is 1.